The largest absolute Gasteiger partial charge is 0.508 e. The monoisotopic (exact) mass is 399 g/mol. The van der Waals surface area contributed by atoms with E-state index in [-0.39, 0.29) is 5.75 Å². The molecule has 2 aromatic carbocycles. The third kappa shape index (κ3) is 3.75. The van der Waals surface area contributed by atoms with E-state index in [1.54, 1.807) is 18.3 Å². The molecular weight excluding hydrogens is 378 g/mol. The number of pyridine rings is 1. The van der Waals surface area contributed by atoms with Gasteiger partial charge >= 0.3 is 0 Å². The number of nitrogens with zero attached hydrogens (tertiary/aromatic N) is 4. The Morgan fingerprint density at radius 3 is 2.70 bits per heavy atom. The molecule has 1 aliphatic rings. The first-order chi connectivity index (χ1) is 14.8. The third-order valence-electron chi connectivity index (χ3n) is 5.09. The fourth-order valence-electron chi connectivity index (χ4n) is 3.59. The molecule has 5 rings (SSSR count). The Kier molecular flexibility index (Phi) is 4.86. The molecule has 4 aromatic rings. The molecule has 30 heavy (non-hydrogen) atoms. The number of morpholine rings is 1. The lowest BCUT2D eigenvalue weighted by molar-refractivity contribution is 0.122. The van der Waals surface area contributed by atoms with Crippen molar-refractivity contribution in [1.82, 2.24) is 15.0 Å². The van der Waals surface area contributed by atoms with Crippen LogP contribution in [0.3, 0.4) is 0 Å². The van der Waals surface area contributed by atoms with Crippen LogP contribution in [0.15, 0.2) is 67.0 Å². The van der Waals surface area contributed by atoms with Crippen molar-refractivity contribution >= 4 is 28.2 Å². The quantitative estimate of drug-likeness (QED) is 0.537. The van der Waals surface area contributed by atoms with Gasteiger partial charge in [-0.25, -0.2) is 4.98 Å². The summed E-state index contributed by atoms with van der Waals surface area (Å²) in [6.45, 7) is 2.78. The van der Waals surface area contributed by atoms with Crippen LogP contribution in [0.5, 0.6) is 5.75 Å². The first-order valence-electron chi connectivity index (χ1n) is 9.87. The van der Waals surface area contributed by atoms with Crippen molar-refractivity contribution in [2.75, 3.05) is 36.5 Å². The summed E-state index contributed by atoms with van der Waals surface area (Å²) >= 11 is 0. The van der Waals surface area contributed by atoms with Gasteiger partial charge in [0.2, 0.25) is 5.95 Å². The number of nitrogens with one attached hydrogen (secondary N) is 1. The molecule has 1 saturated heterocycles. The maximum atomic E-state index is 9.92. The second-order valence-corrected chi connectivity index (χ2v) is 7.12. The van der Waals surface area contributed by atoms with Crippen LogP contribution in [-0.2, 0) is 4.74 Å². The molecule has 2 N–H and O–H groups in total. The molecule has 0 radical (unpaired) electrons. The fraction of sp³-hybridized carbons (Fsp3) is 0.174. The average Bonchev–Trinajstić information content (AvgIpc) is 2.80. The molecule has 0 atom stereocenters. The van der Waals surface area contributed by atoms with Gasteiger partial charge in [0, 0.05) is 53.6 Å². The van der Waals surface area contributed by atoms with Crippen LogP contribution < -0.4 is 10.2 Å². The smallest absolute Gasteiger partial charge is 0.228 e. The molecule has 7 heteroatoms. The van der Waals surface area contributed by atoms with Gasteiger partial charge in [0.15, 0.2) is 0 Å². The third-order valence-corrected chi connectivity index (χ3v) is 5.09. The van der Waals surface area contributed by atoms with Crippen molar-refractivity contribution in [3.63, 3.8) is 0 Å². The summed E-state index contributed by atoms with van der Waals surface area (Å²) in [5, 5.41) is 15.5. The summed E-state index contributed by atoms with van der Waals surface area (Å²) in [7, 11) is 0. The predicted octanol–water partition coefficient (Wildman–Crippen LogP) is 3.98. The van der Waals surface area contributed by atoms with Gasteiger partial charge in [-0.05, 0) is 24.3 Å². The molecule has 1 aliphatic heterocycles. The molecule has 0 unspecified atom stereocenters. The molecule has 7 nitrogen and oxygen atoms in total. The van der Waals surface area contributed by atoms with Gasteiger partial charge in [-0.1, -0.05) is 24.3 Å². The van der Waals surface area contributed by atoms with Crippen LogP contribution >= 0.6 is 0 Å². The number of fused-ring (bicyclic) bond motifs is 1. The Morgan fingerprint density at radius 2 is 1.83 bits per heavy atom. The molecule has 2 aromatic heterocycles. The summed E-state index contributed by atoms with van der Waals surface area (Å²) < 4.78 is 5.47. The number of aromatic nitrogens is 3. The average molecular weight is 399 g/mol. The number of rotatable bonds is 4. The standard InChI is InChI=1S/C23H21N5O2/c29-18-5-1-3-16(13-18)21-14-22(27-23(26-21)28-9-11-30-12-10-28)25-20-6-2-4-17-15-24-8-7-19(17)20/h1-8,13-15,29H,9-12H2,(H,25,26,27). The van der Waals surface area contributed by atoms with Crippen molar-refractivity contribution in [1.29, 1.82) is 0 Å². The predicted molar refractivity (Wildman–Crippen MR) is 117 cm³/mol. The summed E-state index contributed by atoms with van der Waals surface area (Å²) in [4.78, 5) is 15.9. The Labute approximate surface area is 174 Å². The fourth-order valence-corrected chi connectivity index (χ4v) is 3.59. The number of ether oxygens (including phenoxy) is 1. The van der Waals surface area contributed by atoms with Crippen molar-refractivity contribution < 1.29 is 9.84 Å². The normalized spacial score (nSPS) is 14.1. The molecule has 0 spiro atoms. The van der Waals surface area contributed by atoms with Crippen LogP contribution in [0, 0.1) is 0 Å². The van der Waals surface area contributed by atoms with Gasteiger partial charge in [0.05, 0.1) is 18.9 Å². The minimum Gasteiger partial charge on any atom is -0.508 e. The highest BCUT2D eigenvalue weighted by atomic mass is 16.5. The van der Waals surface area contributed by atoms with E-state index >= 15 is 0 Å². The van der Waals surface area contributed by atoms with E-state index in [1.165, 1.54) is 0 Å². The second-order valence-electron chi connectivity index (χ2n) is 7.12. The summed E-state index contributed by atoms with van der Waals surface area (Å²) in [6, 6.07) is 17.0. The number of hydrogen-bond donors (Lipinski definition) is 2. The summed E-state index contributed by atoms with van der Waals surface area (Å²) in [5.74, 6) is 1.53. The van der Waals surface area contributed by atoms with Crippen LogP contribution in [0.4, 0.5) is 17.5 Å². The Balaban J connectivity index is 1.58. The van der Waals surface area contributed by atoms with Crippen molar-refractivity contribution in [2.24, 2.45) is 0 Å². The van der Waals surface area contributed by atoms with E-state index in [9.17, 15) is 5.11 Å². The van der Waals surface area contributed by atoms with Crippen LogP contribution in [0.1, 0.15) is 0 Å². The molecule has 0 amide bonds. The molecule has 3 heterocycles. The Bertz CT molecular complexity index is 1190. The van der Waals surface area contributed by atoms with Crippen molar-refractivity contribution in [2.45, 2.75) is 0 Å². The molecular formula is C23H21N5O2. The zero-order valence-corrected chi connectivity index (χ0v) is 16.3. The first kappa shape index (κ1) is 18.3. The van der Waals surface area contributed by atoms with Gasteiger partial charge in [-0.15, -0.1) is 0 Å². The highest BCUT2D eigenvalue weighted by molar-refractivity contribution is 5.94. The van der Waals surface area contributed by atoms with Crippen molar-refractivity contribution in [3.8, 4) is 17.0 Å². The second kappa shape index (κ2) is 7.96. The number of benzene rings is 2. The molecule has 0 aliphatic carbocycles. The summed E-state index contributed by atoms with van der Waals surface area (Å²) in [6.07, 6.45) is 3.63. The zero-order chi connectivity index (χ0) is 20.3. The molecule has 0 saturated carbocycles. The minimum atomic E-state index is 0.204. The maximum absolute atomic E-state index is 9.92. The first-order valence-corrected chi connectivity index (χ1v) is 9.87. The van der Waals surface area contributed by atoms with Gasteiger partial charge in [0.25, 0.3) is 0 Å². The molecule has 1 fully saturated rings. The number of hydrogen-bond acceptors (Lipinski definition) is 7. The lowest BCUT2D eigenvalue weighted by Crippen LogP contribution is -2.37. The van der Waals surface area contributed by atoms with Crippen LogP contribution in [0.2, 0.25) is 0 Å². The number of anilines is 3. The molecule has 0 bridgehead atoms. The number of phenolic OH excluding ortho intramolecular Hbond substituents is 1. The Hall–Kier alpha value is -3.71. The van der Waals surface area contributed by atoms with Gasteiger partial charge < -0.3 is 20.1 Å². The van der Waals surface area contributed by atoms with Gasteiger partial charge in [-0.2, -0.15) is 4.98 Å². The summed E-state index contributed by atoms with van der Waals surface area (Å²) in [5.41, 5.74) is 2.52. The molecule has 150 valence electrons. The van der Waals surface area contributed by atoms with E-state index in [2.05, 4.69) is 15.2 Å². The maximum Gasteiger partial charge on any atom is 0.228 e. The number of phenols is 1. The van der Waals surface area contributed by atoms with Crippen LogP contribution in [-0.4, -0.2) is 46.4 Å². The van der Waals surface area contributed by atoms with Gasteiger partial charge in [0.1, 0.15) is 11.6 Å². The zero-order valence-electron chi connectivity index (χ0n) is 16.3. The van der Waals surface area contributed by atoms with E-state index in [4.69, 9.17) is 14.7 Å². The van der Waals surface area contributed by atoms with E-state index in [0.29, 0.717) is 25.0 Å². The lowest BCUT2D eigenvalue weighted by atomic mass is 10.1. The van der Waals surface area contributed by atoms with E-state index < -0.39 is 0 Å². The minimum absolute atomic E-state index is 0.204. The van der Waals surface area contributed by atoms with Crippen molar-refractivity contribution in [3.05, 3.63) is 67.0 Å². The van der Waals surface area contributed by atoms with Gasteiger partial charge in [-0.3, -0.25) is 4.98 Å². The SMILES string of the molecule is Oc1cccc(-c2cc(Nc3cccc4cnccc34)nc(N3CCOCC3)n2)c1. The number of aromatic hydroxyl groups is 1. The van der Waals surface area contributed by atoms with E-state index in [0.717, 1.165) is 40.8 Å². The van der Waals surface area contributed by atoms with E-state index in [1.807, 2.05) is 48.7 Å². The highest BCUT2D eigenvalue weighted by Crippen LogP contribution is 2.29. The topological polar surface area (TPSA) is 83.4 Å². The van der Waals surface area contributed by atoms with Crippen LogP contribution in [0.25, 0.3) is 22.0 Å². The lowest BCUT2D eigenvalue weighted by Gasteiger charge is -2.27. The highest BCUT2D eigenvalue weighted by Gasteiger charge is 2.17. The Morgan fingerprint density at radius 1 is 0.967 bits per heavy atom.